The van der Waals surface area contributed by atoms with Crippen LogP contribution in [-0.4, -0.2) is 22.8 Å². The minimum Gasteiger partial charge on any atom is -0.494 e. The monoisotopic (exact) mass is 388 g/mol. The van der Waals surface area contributed by atoms with E-state index in [9.17, 15) is 4.79 Å². The van der Waals surface area contributed by atoms with E-state index in [0.717, 1.165) is 16.3 Å². The van der Waals surface area contributed by atoms with E-state index in [4.69, 9.17) is 16.3 Å². The third-order valence-electron chi connectivity index (χ3n) is 3.38. The second-order valence-corrected chi connectivity index (χ2v) is 6.84. The molecule has 6 nitrogen and oxygen atoms in total. The summed E-state index contributed by atoms with van der Waals surface area (Å²) in [5, 5.41) is 15.5. The van der Waals surface area contributed by atoms with Crippen LogP contribution in [-0.2, 0) is 6.42 Å². The van der Waals surface area contributed by atoms with E-state index >= 15 is 0 Å². The maximum Gasteiger partial charge on any atom is 0.325 e. The maximum absolute atomic E-state index is 12.1. The van der Waals surface area contributed by atoms with Crippen molar-refractivity contribution < 1.29 is 9.53 Å². The Hall–Kier alpha value is -2.64. The van der Waals surface area contributed by atoms with Gasteiger partial charge in [-0.3, -0.25) is 5.32 Å². The largest absolute Gasteiger partial charge is 0.494 e. The first-order valence-corrected chi connectivity index (χ1v) is 9.19. The van der Waals surface area contributed by atoms with Gasteiger partial charge in [-0.1, -0.05) is 35.1 Å². The summed E-state index contributed by atoms with van der Waals surface area (Å²) in [6.45, 7) is 2.52. The molecule has 1 heterocycles. The molecule has 3 rings (SSSR count). The van der Waals surface area contributed by atoms with Crippen LogP contribution in [0.3, 0.4) is 0 Å². The molecule has 0 saturated heterocycles. The Kier molecular flexibility index (Phi) is 6.04. The third kappa shape index (κ3) is 5.18. The van der Waals surface area contributed by atoms with E-state index in [0.29, 0.717) is 28.9 Å². The maximum atomic E-state index is 12.1. The summed E-state index contributed by atoms with van der Waals surface area (Å²) in [6.07, 6.45) is 0.636. The summed E-state index contributed by atoms with van der Waals surface area (Å²) in [4.78, 5) is 12.1. The normalized spacial score (nSPS) is 10.4. The number of hydrogen-bond acceptors (Lipinski definition) is 5. The molecule has 0 atom stereocenters. The number of carbonyl (C=O) groups excluding carboxylic acids is 1. The van der Waals surface area contributed by atoms with Gasteiger partial charge in [-0.2, -0.15) is 0 Å². The Morgan fingerprint density at radius 1 is 1.08 bits per heavy atom. The number of hydrogen-bond donors (Lipinski definition) is 2. The fourth-order valence-corrected chi connectivity index (χ4v) is 3.11. The standard InChI is InChI=1S/C18H17ClN4O2S/c1-2-25-15-9-7-14(8-10-15)20-17(24)21-18-23-22-16(26-18)11-12-3-5-13(19)6-4-12/h3-10H,2,11H2,1H3,(H2,20,21,23,24). The predicted octanol–water partition coefficient (Wildman–Crippen LogP) is 4.83. The minimum atomic E-state index is -0.372. The lowest BCUT2D eigenvalue weighted by Crippen LogP contribution is -2.19. The van der Waals surface area contributed by atoms with Gasteiger partial charge in [-0.25, -0.2) is 4.79 Å². The molecule has 0 bridgehead atoms. The first-order valence-electron chi connectivity index (χ1n) is 8.00. The van der Waals surface area contributed by atoms with Gasteiger partial charge in [0, 0.05) is 17.1 Å². The van der Waals surface area contributed by atoms with Gasteiger partial charge < -0.3 is 10.1 Å². The van der Waals surface area contributed by atoms with Gasteiger partial charge in [0.05, 0.1) is 6.61 Å². The number of ether oxygens (including phenoxy) is 1. The van der Waals surface area contributed by atoms with Crippen LogP contribution in [0.4, 0.5) is 15.6 Å². The molecule has 0 spiro atoms. The van der Waals surface area contributed by atoms with Crippen molar-refractivity contribution in [3.8, 4) is 5.75 Å². The van der Waals surface area contributed by atoms with Crippen molar-refractivity contribution in [2.75, 3.05) is 17.2 Å². The average molecular weight is 389 g/mol. The molecule has 0 aliphatic carbocycles. The SMILES string of the molecule is CCOc1ccc(NC(=O)Nc2nnc(Cc3ccc(Cl)cc3)s2)cc1. The smallest absolute Gasteiger partial charge is 0.325 e. The van der Waals surface area contributed by atoms with Gasteiger partial charge >= 0.3 is 6.03 Å². The number of benzene rings is 2. The van der Waals surface area contributed by atoms with Gasteiger partial charge in [0.25, 0.3) is 0 Å². The number of rotatable bonds is 6. The quantitative estimate of drug-likeness (QED) is 0.634. The summed E-state index contributed by atoms with van der Waals surface area (Å²) in [5.74, 6) is 0.759. The zero-order valence-electron chi connectivity index (χ0n) is 14.0. The molecule has 0 aliphatic heterocycles. The van der Waals surface area contributed by atoms with Crippen LogP contribution in [0.15, 0.2) is 48.5 Å². The van der Waals surface area contributed by atoms with Crippen LogP contribution in [0.25, 0.3) is 0 Å². The fourth-order valence-electron chi connectivity index (χ4n) is 2.21. The molecule has 0 unspecified atom stereocenters. The summed E-state index contributed by atoms with van der Waals surface area (Å²) in [6, 6.07) is 14.3. The highest BCUT2D eigenvalue weighted by molar-refractivity contribution is 7.15. The lowest BCUT2D eigenvalue weighted by atomic mass is 10.2. The summed E-state index contributed by atoms with van der Waals surface area (Å²) >= 11 is 7.21. The van der Waals surface area contributed by atoms with Gasteiger partial charge in [-0.05, 0) is 48.9 Å². The van der Waals surface area contributed by atoms with Crippen LogP contribution in [0.1, 0.15) is 17.5 Å². The minimum absolute atomic E-state index is 0.372. The van der Waals surface area contributed by atoms with Crippen molar-refractivity contribution in [2.45, 2.75) is 13.3 Å². The second kappa shape index (κ2) is 8.64. The van der Waals surface area contributed by atoms with Crippen molar-refractivity contribution in [1.29, 1.82) is 0 Å². The first-order chi connectivity index (χ1) is 12.6. The van der Waals surface area contributed by atoms with Crippen LogP contribution < -0.4 is 15.4 Å². The molecule has 0 fully saturated rings. The Balaban J connectivity index is 1.54. The molecule has 8 heteroatoms. The van der Waals surface area contributed by atoms with Gasteiger partial charge in [-0.15, -0.1) is 10.2 Å². The number of halogens is 1. The summed E-state index contributed by atoms with van der Waals surface area (Å²) in [7, 11) is 0. The molecule has 2 aromatic carbocycles. The molecule has 1 aromatic heterocycles. The van der Waals surface area contributed by atoms with Crippen molar-refractivity contribution in [1.82, 2.24) is 10.2 Å². The number of amides is 2. The third-order valence-corrected chi connectivity index (χ3v) is 4.47. The van der Waals surface area contributed by atoms with Crippen molar-refractivity contribution in [3.63, 3.8) is 0 Å². The topological polar surface area (TPSA) is 76.1 Å². The molecular weight excluding hydrogens is 372 g/mol. The highest BCUT2D eigenvalue weighted by Gasteiger charge is 2.09. The molecule has 2 amide bonds. The molecule has 0 saturated carbocycles. The Morgan fingerprint density at radius 2 is 1.81 bits per heavy atom. The average Bonchev–Trinajstić information content (AvgIpc) is 3.05. The second-order valence-electron chi connectivity index (χ2n) is 5.34. The Labute approximate surface area is 160 Å². The highest BCUT2D eigenvalue weighted by atomic mass is 35.5. The number of urea groups is 1. The molecule has 3 aromatic rings. The molecule has 0 aliphatic rings. The zero-order valence-corrected chi connectivity index (χ0v) is 15.6. The summed E-state index contributed by atoms with van der Waals surface area (Å²) < 4.78 is 5.37. The van der Waals surface area contributed by atoms with Crippen LogP contribution >= 0.6 is 22.9 Å². The molecule has 2 N–H and O–H groups in total. The Bertz CT molecular complexity index is 866. The number of carbonyl (C=O) groups is 1. The Morgan fingerprint density at radius 3 is 2.50 bits per heavy atom. The molecule has 26 heavy (non-hydrogen) atoms. The van der Waals surface area contributed by atoms with Gasteiger partial charge in [0.15, 0.2) is 0 Å². The summed E-state index contributed by atoms with van der Waals surface area (Å²) in [5.41, 5.74) is 1.74. The van der Waals surface area contributed by atoms with E-state index in [1.807, 2.05) is 31.2 Å². The van der Waals surface area contributed by atoms with E-state index in [-0.39, 0.29) is 6.03 Å². The predicted molar refractivity (Wildman–Crippen MR) is 104 cm³/mol. The number of anilines is 2. The van der Waals surface area contributed by atoms with E-state index in [1.165, 1.54) is 11.3 Å². The van der Waals surface area contributed by atoms with Crippen LogP contribution in [0.5, 0.6) is 5.75 Å². The number of nitrogens with one attached hydrogen (secondary N) is 2. The van der Waals surface area contributed by atoms with E-state index in [2.05, 4.69) is 20.8 Å². The van der Waals surface area contributed by atoms with Gasteiger partial charge in [0.2, 0.25) is 5.13 Å². The molecule has 0 radical (unpaired) electrons. The fraction of sp³-hybridized carbons (Fsp3) is 0.167. The van der Waals surface area contributed by atoms with Gasteiger partial charge in [0.1, 0.15) is 10.8 Å². The highest BCUT2D eigenvalue weighted by Crippen LogP contribution is 2.20. The first kappa shape index (κ1) is 18.2. The van der Waals surface area contributed by atoms with Crippen molar-refractivity contribution in [3.05, 3.63) is 64.1 Å². The number of nitrogens with zero attached hydrogens (tertiary/aromatic N) is 2. The lowest BCUT2D eigenvalue weighted by molar-refractivity contribution is 0.262. The van der Waals surface area contributed by atoms with E-state index < -0.39 is 0 Å². The van der Waals surface area contributed by atoms with Crippen molar-refractivity contribution >= 4 is 39.8 Å². The van der Waals surface area contributed by atoms with Crippen LogP contribution in [0, 0.1) is 0 Å². The van der Waals surface area contributed by atoms with Crippen LogP contribution in [0.2, 0.25) is 5.02 Å². The van der Waals surface area contributed by atoms with Crippen molar-refractivity contribution in [2.24, 2.45) is 0 Å². The molecular formula is C18H17ClN4O2S. The van der Waals surface area contributed by atoms with E-state index in [1.54, 1.807) is 24.3 Å². The number of aromatic nitrogens is 2. The molecule has 134 valence electrons. The lowest BCUT2D eigenvalue weighted by Gasteiger charge is -2.06. The zero-order chi connectivity index (χ0) is 18.4.